The molecule has 0 aromatic heterocycles. The van der Waals surface area contributed by atoms with E-state index < -0.39 is 5.60 Å². The van der Waals surface area contributed by atoms with Gasteiger partial charge < -0.3 is 10.0 Å². The molecule has 116 valence electrons. The van der Waals surface area contributed by atoms with E-state index in [-0.39, 0.29) is 5.91 Å². The minimum absolute atomic E-state index is 0.0621. The SMILES string of the molecule is Cc1cc(Cl)ccc1C(=O)N1CCN(CC(C)(C)O)CC1. The highest BCUT2D eigenvalue weighted by atomic mass is 35.5. The molecular weight excluding hydrogens is 288 g/mol. The van der Waals surface area contributed by atoms with Crippen molar-refractivity contribution < 1.29 is 9.90 Å². The van der Waals surface area contributed by atoms with Crippen molar-refractivity contribution in [1.82, 2.24) is 9.80 Å². The van der Waals surface area contributed by atoms with Gasteiger partial charge in [-0.3, -0.25) is 9.69 Å². The van der Waals surface area contributed by atoms with Gasteiger partial charge in [0.2, 0.25) is 0 Å². The standard InChI is InChI=1S/C16H23ClN2O2/c1-12-10-13(17)4-5-14(12)15(20)19-8-6-18(7-9-19)11-16(2,3)21/h4-5,10,21H,6-9,11H2,1-3H3. The number of rotatable bonds is 3. The van der Waals surface area contributed by atoms with Crippen LogP contribution >= 0.6 is 11.6 Å². The number of halogens is 1. The second-order valence-electron chi connectivity index (χ2n) is 6.34. The number of hydrogen-bond donors (Lipinski definition) is 1. The summed E-state index contributed by atoms with van der Waals surface area (Å²) in [6.07, 6.45) is 0. The van der Waals surface area contributed by atoms with Gasteiger partial charge in [0, 0.05) is 43.3 Å². The largest absolute Gasteiger partial charge is 0.389 e. The molecule has 0 radical (unpaired) electrons. The minimum atomic E-state index is -0.695. The van der Waals surface area contributed by atoms with Crippen LogP contribution in [0, 0.1) is 6.92 Å². The summed E-state index contributed by atoms with van der Waals surface area (Å²) in [5, 5.41) is 10.5. The number of piperazine rings is 1. The van der Waals surface area contributed by atoms with Crippen molar-refractivity contribution >= 4 is 17.5 Å². The van der Waals surface area contributed by atoms with Gasteiger partial charge >= 0.3 is 0 Å². The van der Waals surface area contributed by atoms with Gasteiger partial charge in [-0.05, 0) is 44.5 Å². The maximum Gasteiger partial charge on any atom is 0.254 e. The zero-order valence-electron chi connectivity index (χ0n) is 12.9. The van der Waals surface area contributed by atoms with Crippen molar-refractivity contribution in [3.8, 4) is 0 Å². The molecule has 4 nitrogen and oxygen atoms in total. The number of aryl methyl sites for hydroxylation is 1. The summed E-state index contributed by atoms with van der Waals surface area (Å²) < 4.78 is 0. The average Bonchev–Trinajstić information content (AvgIpc) is 2.37. The summed E-state index contributed by atoms with van der Waals surface area (Å²) in [7, 11) is 0. The summed E-state index contributed by atoms with van der Waals surface area (Å²) in [4.78, 5) is 16.6. The normalized spacial score (nSPS) is 17.1. The highest BCUT2D eigenvalue weighted by Gasteiger charge is 2.26. The van der Waals surface area contributed by atoms with Gasteiger partial charge in [-0.1, -0.05) is 11.6 Å². The van der Waals surface area contributed by atoms with E-state index in [1.807, 2.05) is 31.7 Å². The first kappa shape index (κ1) is 16.3. The van der Waals surface area contributed by atoms with Crippen molar-refractivity contribution in [2.75, 3.05) is 32.7 Å². The van der Waals surface area contributed by atoms with Gasteiger partial charge in [0.1, 0.15) is 0 Å². The van der Waals surface area contributed by atoms with Crippen LogP contribution in [0.15, 0.2) is 18.2 Å². The Kier molecular flexibility index (Phi) is 4.91. The van der Waals surface area contributed by atoms with Crippen LogP contribution in [0.25, 0.3) is 0 Å². The Morgan fingerprint density at radius 1 is 1.29 bits per heavy atom. The Balaban J connectivity index is 1.97. The number of benzene rings is 1. The molecule has 1 aliphatic heterocycles. The Hall–Kier alpha value is -1.10. The van der Waals surface area contributed by atoms with Gasteiger partial charge in [0.15, 0.2) is 0 Å². The van der Waals surface area contributed by atoms with Crippen molar-refractivity contribution in [3.63, 3.8) is 0 Å². The first-order chi connectivity index (χ1) is 9.76. The molecular formula is C16H23ClN2O2. The molecule has 1 saturated heterocycles. The van der Waals surface area contributed by atoms with E-state index in [1.165, 1.54) is 0 Å². The fourth-order valence-electron chi connectivity index (χ4n) is 2.69. The van der Waals surface area contributed by atoms with Crippen LogP contribution in [0.5, 0.6) is 0 Å². The molecule has 1 aliphatic rings. The molecule has 0 bridgehead atoms. The maximum atomic E-state index is 12.5. The molecule has 1 N–H and O–H groups in total. The summed E-state index contributed by atoms with van der Waals surface area (Å²) >= 11 is 5.93. The third-order valence-electron chi connectivity index (χ3n) is 3.69. The lowest BCUT2D eigenvalue weighted by Crippen LogP contribution is -2.52. The van der Waals surface area contributed by atoms with Crippen LogP contribution < -0.4 is 0 Å². The predicted molar refractivity (Wildman–Crippen MR) is 84.8 cm³/mol. The number of hydrogen-bond acceptors (Lipinski definition) is 3. The molecule has 0 saturated carbocycles. The van der Waals surface area contributed by atoms with Crippen molar-refractivity contribution in [3.05, 3.63) is 34.3 Å². The molecule has 1 fully saturated rings. The molecule has 0 spiro atoms. The lowest BCUT2D eigenvalue weighted by Gasteiger charge is -2.37. The number of β-amino-alcohol motifs (C(OH)–C–C–N with tert-alkyl or cyclic N) is 1. The van der Waals surface area contributed by atoms with E-state index in [4.69, 9.17) is 11.6 Å². The first-order valence-electron chi connectivity index (χ1n) is 7.26. The van der Waals surface area contributed by atoms with Gasteiger partial charge in [-0.25, -0.2) is 0 Å². The fourth-order valence-corrected chi connectivity index (χ4v) is 2.92. The molecule has 0 atom stereocenters. The lowest BCUT2D eigenvalue weighted by molar-refractivity contribution is 0.0178. The molecule has 1 aromatic carbocycles. The average molecular weight is 311 g/mol. The van der Waals surface area contributed by atoms with Crippen molar-refractivity contribution in [2.24, 2.45) is 0 Å². The molecule has 0 unspecified atom stereocenters. The number of aliphatic hydroxyl groups is 1. The molecule has 1 aromatic rings. The van der Waals surface area contributed by atoms with E-state index in [9.17, 15) is 9.90 Å². The topological polar surface area (TPSA) is 43.8 Å². The van der Waals surface area contributed by atoms with E-state index in [2.05, 4.69) is 4.90 Å². The second-order valence-corrected chi connectivity index (χ2v) is 6.78. The Morgan fingerprint density at radius 3 is 2.43 bits per heavy atom. The van der Waals surface area contributed by atoms with E-state index >= 15 is 0 Å². The van der Waals surface area contributed by atoms with Gasteiger partial charge in [0.05, 0.1) is 5.60 Å². The molecule has 2 rings (SSSR count). The third-order valence-corrected chi connectivity index (χ3v) is 3.92. The number of carbonyl (C=O) groups is 1. The smallest absolute Gasteiger partial charge is 0.254 e. The highest BCUT2D eigenvalue weighted by Crippen LogP contribution is 2.18. The zero-order valence-corrected chi connectivity index (χ0v) is 13.7. The van der Waals surface area contributed by atoms with Crippen molar-refractivity contribution in [2.45, 2.75) is 26.4 Å². The monoisotopic (exact) mass is 310 g/mol. The molecule has 1 amide bonds. The van der Waals surface area contributed by atoms with E-state index in [0.29, 0.717) is 24.7 Å². The Morgan fingerprint density at radius 2 is 1.90 bits per heavy atom. The first-order valence-corrected chi connectivity index (χ1v) is 7.64. The predicted octanol–water partition coefficient (Wildman–Crippen LogP) is 2.18. The number of nitrogens with zero attached hydrogens (tertiary/aromatic N) is 2. The lowest BCUT2D eigenvalue weighted by atomic mass is 10.1. The Labute approximate surface area is 131 Å². The molecule has 5 heteroatoms. The summed E-state index contributed by atoms with van der Waals surface area (Å²) in [5.74, 6) is 0.0621. The van der Waals surface area contributed by atoms with Gasteiger partial charge in [-0.2, -0.15) is 0 Å². The second kappa shape index (κ2) is 6.34. The number of carbonyl (C=O) groups excluding carboxylic acids is 1. The van der Waals surface area contributed by atoms with E-state index in [1.54, 1.807) is 12.1 Å². The quantitative estimate of drug-likeness (QED) is 0.930. The minimum Gasteiger partial charge on any atom is -0.389 e. The third kappa shape index (κ3) is 4.43. The van der Waals surface area contributed by atoms with Gasteiger partial charge in [-0.15, -0.1) is 0 Å². The van der Waals surface area contributed by atoms with E-state index in [0.717, 1.165) is 24.2 Å². The Bertz CT molecular complexity index is 517. The van der Waals surface area contributed by atoms with Crippen LogP contribution in [-0.4, -0.2) is 59.1 Å². The van der Waals surface area contributed by atoms with Crippen LogP contribution in [0.1, 0.15) is 29.8 Å². The van der Waals surface area contributed by atoms with Crippen molar-refractivity contribution in [1.29, 1.82) is 0 Å². The van der Waals surface area contributed by atoms with Crippen LogP contribution in [0.4, 0.5) is 0 Å². The molecule has 0 aliphatic carbocycles. The summed E-state index contributed by atoms with van der Waals surface area (Å²) in [6, 6.07) is 5.37. The fraction of sp³-hybridized carbons (Fsp3) is 0.562. The zero-order chi connectivity index (χ0) is 15.6. The van der Waals surface area contributed by atoms with Crippen LogP contribution in [-0.2, 0) is 0 Å². The van der Waals surface area contributed by atoms with Crippen LogP contribution in [0.3, 0.4) is 0 Å². The highest BCUT2D eigenvalue weighted by molar-refractivity contribution is 6.30. The maximum absolute atomic E-state index is 12.5. The summed E-state index contributed by atoms with van der Waals surface area (Å²) in [5.41, 5.74) is 0.931. The van der Waals surface area contributed by atoms with Gasteiger partial charge in [0.25, 0.3) is 5.91 Å². The van der Waals surface area contributed by atoms with Crippen LogP contribution in [0.2, 0.25) is 5.02 Å². The molecule has 1 heterocycles. The number of amides is 1. The summed E-state index contributed by atoms with van der Waals surface area (Å²) in [6.45, 7) is 9.13. The molecule has 21 heavy (non-hydrogen) atoms.